The van der Waals surface area contributed by atoms with E-state index in [1.807, 2.05) is 30.3 Å². The summed E-state index contributed by atoms with van der Waals surface area (Å²) in [6.45, 7) is 0. The number of amides is 3. The van der Waals surface area contributed by atoms with E-state index in [2.05, 4.69) is 10.5 Å². The Morgan fingerprint density at radius 2 is 1.96 bits per heavy atom. The lowest BCUT2D eigenvalue weighted by Gasteiger charge is -2.36. The third kappa shape index (κ3) is 3.62. The average Bonchev–Trinajstić information content (AvgIpc) is 3.30. The van der Waals surface area contributed by atoms with Crippen LogP contribution in [0.5, 0.6) is 0 Å². The summed E-state index contributed by atoms with van der Waals surface area (Å²) in [7, 11) is 0. The zero-order valence-electron chi connectivity index (χ0n) is 14.6. The number of nitrogens with one attached hydrogen (secondary N) is 1. The first-order chi connectivity index (χ1) is 13.1. The van der Waals surface area contributed by atoms with E-state index in [1.165, 1.54) is 4.90 Å². The number of thioether (sulfide) groups is 1. The van der Waals surface area contributed by atoms with Crippen LogP contribution in [0.2, 0.25) is 0 Å². The van der Waals surface area contributed by atoms with Crippen molar-refractivity contribution < 1.29 is 18.9 Å². The Hall–Kier alpha value is -2.61. The topological polar surface area (TPSA) is 92.5 Å². The Kier molecular flexibility index (Phi) is 4.98. The van der Waals surface area contributed by atoms with Gasteiger partial charge in [0.15, 0.2) is 11.5 Å². The Morgan fingerprint density at radius 1 is 1.19 bits per heavy atom. The van der Waals surface area contributed by atoms with Crippen LogP contribution in [0, 0.1) is 0 Å². The van der Waals surface area contributed by atoms with Gasteiger partial charge in [-0.3, -0.25) is 19.3 Å². The number of imide groups is 1. The van der Waals surface area contributed by atoms with Gasteiger partial charge in [-0.1, -0.05) is 60.1 Å². The molecule has 2 aromatic rings. The molecule has 27 heavy (non-hydrogen) atoms. The lowest BCUT2D eigenvalue weighted by Crippen LogP contribution is -2.54. The van der Waals surface area contributed by atoms with Crippen molar-refractivity contribution in [3.63, 3.8) is 0 Å². The van der Waals surface area contributed by atoms with Gasteiger partial charge in [0.1, 0.15) is 0 Å². The van der Waals surface area contributed by atoms with Crippen LogP contribution in [-0.4, -0.2) is 44.9 Å². The van der Waals surface area contributed by atoms with Crippen molar-refractivity contribution in [1.82, 2.24) is 15.4 Å². The van der Waals surface area contributed by atoms with E-state index in [-0.39, 0.29) is 40.6 Å². The molecule has 3 amide bonds. The van der Waals surface area contributed by atoms with Crippen molar-refractivity contribution in [2.45, 2.75) is 37.8 Å². The minimum absolute atomic E-state index is 0.177. The number of carbonyl (C=O) groups excluding carboxylic acids is 3. The molecule has 2 fully saturated rings. The van der Waals surface area contributed by atoms with Crippen molar-refractivity contribution in [2.24, 2.45) is 0 Å². The molecule has 1 saturated heterocycles. The van der Waals surface area contributed by atoms with Gasteiger partial charge < -0.3 is 9.84 Å². The number of benzene rings is 1. The predicted octanol–water partition coefficient (Wildman–Crippen LogP) is 3.08. The summed E-state index contributed by atoms with van der Waals surface area (Å²) >= 11 is 1.02. The van der Waals surface area contributed by atoms with Gasteiger partial charge in [0.25, 0.3) is 11.1 Å². The number of aromatic nitrogens is 1. The first kappa shape index (κ1) is 17.8. The van der Waals surface area contributed by atoms with Crippen molar-refractivity contribution in [2.75, 3.05) is 5.75 Å². The molecule has 2 atom stereocenters. The molecule has 2 aliphatic rings. The van der Waals surface area contributed by atoms with Crippen LogP contribution < -0.4 is 5.32 Å². The number of nitrogens with zero attached hydrogens (tertiary/aromatic N) is 2. The van der Waals surface area contributed by atoms with Gasteiger partial charge in [-0.25, -0.2) is 0 Å². The lowest BCUT2D eigenvalue weighted by atomic mass is 9.89. The van der Waals surface area contributed by atoms with Crippen molar-refractivity contribution in [3.8, 4) is 11.3 Å². The van der Waals surface area contributed by atoms with Gasteiger partial charge in [-0.15, -0.1) is 0 Å². The molecule has 0 bridgehead atoms. The summed E-state index contributed by atoms with van der Waals surface area (Å²) in [4.78, 5) is 38.1. The fourth-order valence-electron chi connectivity index (χ4n) is 3.64. The third-order valence-electron chi connectivity index (χ3n) is 4.96. The van der Waals surface area contributed by atoms with Gasteiger partial charge in [0.05, 0.1) is 17.8 Å². The molecule has 2 heterocycles. The fourth-order valence-corrected chi connectivity index (χ4v) is 4.40. The summed E-state index contributed by atoms with van der Waals surface area (Å²) < 4.78 is 5.29. The second-order valence-electron chi connectivity index (χ2n) is 6.69. The van der Waals surface area contributed by atoms with E-state index in [0.717, 1.165) is 36.6 Å². The molecule has 2 unspecified atom stereocenters. The van der Waals surface area contributed by atoms with Gasteiger partial charge in [-0.2, -0.15) is 0 Å². The number of carbonyl (C=O) groups is 3. The predicted molar refractivity (Wildman–Crippen MR) is 100 cm³/mol. The van der Waals surface area contributed by atoms with E-state index in [0.29, 0.717) is 12.2 Å². The second kappa shape index (κ2) is 7.56. The summed E-state index contributed by atoms with van der Waals surface area (Å²) in [6.07, 6.45) is 3.30. The monoisotopic (exact) mass is 385 g/mol. The third-order valence-corrected chi connectivity index (χ3v) is 5.80. The molecule has 1 aromatic carbocycles. The number of hydrogen-bond donors (Lipinski definition) is 1. The average molecular weight is 385 g/mol. The van der Waals surface area contributed by atoms with Crippen LogP contribution in [0.3, 0.4) is 0 Å². The van der Waals surface area contributed by atoms with Gasteiger partial charge in [-0.05, 0) is 12.8 Å². The van der Waals surface area contributed by atoms with E-state index < -0.39 is 0 Å². The molecule has 1 aliphatic heterocycles. The quantitative estimate of drug-likeness (QED) is 0.869. The van der Waals surface area contributed by atoms with E-state index >= 15 is 0 Å². The van der Waals surface area contributed by atoms with Gasteiger partial charge >= 0.3 is 0 Å². The van der Waals surface area contributed by atoms with E-state index in [1.54, 1.807) is 6.07 Å². The zero-order chi connectivity index (χ0) is 18.8. The van der Waals surface area contributed by atoms with Crippen LogP contribution in [-0.2, 0) is 4.79 Å². The van der Waals surface area contributed by atoms with Crippen LogP contribution in [0.4, 0.5) is 4.79 Å². The van der Waals surface area contributed by atoms with Crippen LogP contribution in [0.25, 0.3) is 11.3 Å². The highest BCUT2D eigenvalue weighted by atomic mass is 32.2. The second-order valence-corrected chi connectivity index (χ2v) is 7.62. The molecule has 7 nitrogen and oxygen atoms in total. The lowest BCUT2D eigenvalue weighted by molar-refractivity contribution is -0.127. The molecule has 1 aliphatic carbocycles. The van der Waals surface area contributed by atoms with Crippen molar-refractivity contribution >= 4 is 28.8 Å². The molecule has 0 spiro atoms. The van der Waals surface area contributed by atoms with E-state index in [9.17, 15) is 14.4 Å². The molecule has 1 N–H and O–H groups in total. The Morgan fingerprint density at radius 3 is 2.70 bits per heavy atom. The maximum atomic E-state index is 12.7. The van der Waals surface area contributed by atoms with Crippen molar-refractivity contribution in [3.05, 3.63) is 42.1 Å². The minimum Gasteiger partial charge on any atom is -0.355 e. The summed E-state index contributed by atoms with van der Waals surface area (Å²) in [5.74, 6) is 0.162. The Labute approximate surface area is 160 Å². The first-order valence-electron chi connectivity index (χ1n) is 8.95. The maximum Gasteiger partial charge on any atom is 0.289 e. The highest BCUT2D eigenvalue weighted by molar-refractivity contribution is 8.14. The molecule has 0 radical (unpaired) electrons. The molecule has 1 aromatic heterocycles. The molecular formula is C19H19N3O4S. The molecular weight excluding hydrogens is 366 g/mol. The standard InChI is InChI=1S/C19H19N3O4S/c23-17-11-27-19(25)22(17)15-9-5-4-8-13(15)20-18(24)14-10-16(26-21-14)12-6-2-1-3-7-12/h1-3,6-7,10,13,15H,4-5,8-9,11H2,(H,20,24). The highest BCUT2D eigenvalue weighted by Gasteiger charge is 2.41. The van der Waals surface area contributed by atoms with Crippen molar-refractivity contribution in [1.29, 1.82) is 0 Å². The number of rotatable bonds is 4. The Bertz CT molecular complexity index is 851. The molecule has 4 rings (SSSR count). The zero-order valence-corrected chi connectivity index (χ0v) is 15.4. The Balaban J connectivity index is 1.49. The fraction of sp³-hybridized carbons (Fsp3) is 0.368. The van der Waals surface area contributed by atoms with E-state index in [4.69, 9.17) is 4.52 Å². The largest absolute Gasteiger partial charge is 0.355 e. The van der Waals surface area contributed by atoms with Crippen LogP contribution >= 0.6 is 11.8 Å². The molecule has 140 valence electrons. The minimum atomic E-state index is -0.357. The van der Waals surface area contributed by atoms with Gasteiger partial charge in [0.2, 0.25) is 5.91 Å². The summed E-state index contributed by atoms with van der Waals surface area (Å²) in [5, 5.41) is 6.60. The SMILES string of the molecule is O=C(NC1CCCCC1N1C(=O)CSC1=O)c1cc(-c2ccccc2)on1. The maximum absolute atomic E-state index is 12.7. The first-order valence-corrected chi connectivity index (χ1v) is 9.94. The molecule has 1 saturated carbocycles. The van der Waals surface area contributed by atoms with Crippen LogP contribution in [0.1, 0.15) is 36.2 Å². The summed E-state index contributed by atoms with van der Waals surface area (Å²) in [5.41, 5.74) is 1.02. The normalized spacial score (nSPS) is 22.9. The number of hydrogen-bond acceptors (Lipinski definition) is 6. The molecule has 8 heteroatoms. The smallest absolute Gasteiger partial charge is 0.289 e. The van der Waals surface area contributed by atoms with Gasteiger partial charge in [0, 0.05) is 11.6 Å². The summed E-state index contributed by atoms with van der Waals surface area (Å²) in [6, 6.07) is 10.5. The highest BCUT2D eigenvalue weighted by Crippen LogP contribution is 2.30. The van der Waals surface area contributed by atoms with Crippen LogP contribution in [0.15, 0.2) is 40.9 Å².